The summed E-state index contributed by atoms with van der Waals surface area (Å²) in [6.07, 6.45) is -0.195. The van der Waals surface area contributed by atoms with Crippen molar-refractivity contribution >= 4 is 32.6 Å². The third-order valence-electron chi connectivity index (χ3n) is 5.77. The zero-order valence-corrected chi connectivity index (χ0v) is 18.7. The number of sulfonamides is 1. The first-order valence-corrected chi connectivity index (χ1v) is 11.9. The molecule has 1 aliphatic heterocycles. The molecule has 32 heavy (non-hydrogen) atoms. The molecule has 0 radical (unpaired) electrons. The predicted molar refractivity (Wildman–Crippen MR) is 120 cm³/mol. The molecule has 0 aliphatic carbocycles. The standard InChI is InChI=1S/C22H26N4O5S/c1-3-31-15-8-9-21(17(23)10-15)32(29,30)25-12-14(2)20(13-25)26-19-7-5-4-6-16(19)18(24-26)11-22(27)28/h4-10,14,20H,3,11-13,23H2,1-2H3,(H,27,28)/t14-,20+/m1/s1. The number of ether oxygens (including phenoxy) is 1. The summed E-state index contributed by atoms with van der Waals surface area (Å²) in [5.41, 5.74) is 7.45. The van der Waals surface area contributed by atoms with Crippen molar-refractivity contribution in [1.82, 2.24) is 14.1 Å². The number of nitrogen functional groups attached to an aromatic ring is 1. The minimum Gasteiger partial charge on any atom is -0.494 e. The van der Waals surface area contributed by atoms with Crippen LogP contribution >= 0.6 is 0 Å². The molecule has 1 fully saturated rings. The number of aliphatic carboxylic acids is 1. The van der Waals surface area contributed by atoms with Gasteiger partial charge >= 0.3 is 5.97 Å². The van der Waals surface area contributed by atoms with Crippen molar-refractivity contribution < 1.29 is 23.1 Å². The van der Waals surface area contributed by atoms with Crippen molar-refractivity contribution in [2.75, 3.05) is 25.4 Å². The Balaban J connectivity index is 1.67. The van der Waals surface area contributed by atoms with Gasteiger partial charge in [-0.25, -0.2) is 8.42 Å². The lowest BCUT2D eigenvalue weighted by molar-refractivity contribution is -0.136. The summed E-state index contributed by atoms with van der Waals surface area (Å²) in [6, 6.07) is 11.8. The Morgan fingerprint density at radius 2 is 2.00 bits per heavy atom. The molecule has 4 rings (SSSR count). The normalized spacial score (nSPS) is 19.4. The number of aromatic nitrogens is 2. The number of nitrogens with zero attached hydrogens (tertiary/aromatic N) is 3. The van der Waals surface area contributed by atoms with Gasteiger partial charge in [0.2, 0.25) is 10.0 Å². The highest BCUT2D eigenvalue weighted by molar-refractivity contribution is 7.89. The Morgan fingerprint density at radius 3 is 2.69 bits per heavy atom. The smallest absolute Gasteiger partial charge is 0.309 e. The highest BCUT2D eigenvalue weighted by Gasteiger charge is 2.40. The molecule has 1 aromatic heterocycles. The minimum absolute atomic E-state index is 0.0327. The van der Waals surface area contributed by atoms with E-state index < -0.39 is 16.0 Å². The van der Waals surface area contributed by atoms with E-state index in [2.05, 4.69) is 5.10 Å². The van der Waals surface area contributed by atoms with E-state index in [4.69, 9.17) is 10.5 Å². The predicted octanol–water partition coefficient (Wildman–Crippen LogP) is 2.53. The molecule has 2 aromatic carbocycles. The lowest BCUT2D eigenvalue weighted by Crippen LogP contribution is -2.30. The van der Waals surface area contributed by atoms with Crippen LogP contribution in [0, 0.1) is 5.92 Å². The quantitative estimate of drug-likeness (QED) is 0.521. The molecule has 10 heteroatoms. The lowest BCUT2D eigenvalue weighted by Gasteiger charge is -2.19. The molecule has 170 valence electrons. The van der Waals surface area contributed by atoms with Crippen molar-refractivity contribution in [2.45, 2.75) is 31.2 Å². The van der Waals surface area contributed by atoms with Gasteiger partial charge in [-0.05, 0) is 31.0 Å². The third-order valence-corrected chi connectivity index (χ3v) is 7.68. The molecule has 2 atom stereocenters. The molecular weight excluding hydrogens is 432 g/mol. The summed E-state index contributed by atoms with van der Waals surface area (Å²) in [5.74, 6) is -0.477. The number of carbonyl (C=O) groups is 1. The number of carboxylic acids is 1. The van der Waals surface area contributed by atoms with Crippen LogP contribution in [0.1, 0.15) is 25.6 Å². The second-order valence-corrected chi connectivity index (χ2v) is 9.88. The number of rotatable bonds is 7. The fourth-order valence-corrected chi connectivity index (χ4v) is 5.91. The largest absolute Gasteiger partial charge is 0.494 e. The van der Waals surface area contributed by atoms with E-state index >= 15 is 0 Å². The van der Waals surface area contributed by atoms with Crippen molar-refractivity contribution in [3.05, 3.63) is 48.2 Å². The van der Waals surface area contributed by atoms with Gasteiger partial charge in [0.25, 0.3) is 0 Å². The van der Waals surface area contributed by atoms with Gasteiger partial charge in [0.15, 0.2) is 0 Å². The molecule has 0 amide bonds. The lowest BCUT2D eigenvalue weighted by atomic mass is 10.1. The third kappa shape index (κ3) is 3.91. The molecule has 1 aliphatic rings. The average Bonchev–Trinajstić information content (AvgIpc) is 3.29. The van der Waals surface area contributed by atoms with Gasteiger partial charge in [0, 0.05) is 24.5 Å². The fourth-order valence-electron chi connectivity index (χ4n) is 4.26. The minimum atomic E-state index is -3.82. The van der Waals surface area contributed by atoms with Crippen molar-refractivity contribution in [1.29, 1.82) is 0 Å². The topological polar surface area (TPSA) is 128 Å². The van der Waals surface area contributed by atoms with E-state index in [0.717, 1.165) is 10.9 Å². The van der Waals surface area contributed by atoms with Gasteiger partial charge in [0.05, 0.1) is 36.0 Å². The van der Waals surface area contributed by atoms with Gasteiger partial charge in [0.1, 0.15) is 10.6 Å². The maximum absolute atomic E-state index is 13.4. The van der Waals surface area contributed by atoms with E-state index in [9.17, 15) is 18.3 Å². The molecule has 0 saturated carbocycles. The number of nitrogens with two attached hydrogens (primary N) is 1. The van der Waals surface area contributed by atoms with E-state index in [-0.39, 0.29) is 35.5 Å². The Morgan fingerprint density at radius 1 is 1.25 bits per heavy atom. The van der Waals surface area contributed by atoms with Crippen LogP contribution in [0.2, 0.25) is 0 Å². The average molecular weight is 459 g/mol. The number of benzene rings is 2. The number of hydrogen-bond donors (Lipinski definition) is 2. The second kappa shape index (κ2) is 8.44. The van der Waals surface area contributed by atoms with Crippen molar-refractivity contribution in [3.8, 4) is 5.75 Å². The maximum atomic E-state index is 13.4. The van der Waals surface area contributed by atoms with Gasteiger partial charge in [-0.2, -0.15) is 9.40 Å². The zero-order valence-electron chi connectivity index (χ0n) is 17.9. The van der Waals surface area contributed by atoms with Gasteiger partial charge in [-0.15, -0.1) is 0 Å². The number of anilines is 1. The number of carboxylic acid groups (broad SMARTS) is 1. The molecule has 9 nitrogen and oxygen atoms in total. The van der Waals surface area contributed by atoms with Crippen LogP contribution in [0.3, 0.4) is 0 Å². The summed E-state index contributed by atoms with van der Waals surface area (Å²) >= 11 is 0. The molecule has 3 aromatic rings. The Kier molecular flexibility index (Phi) is 5.83. The van der Waals surface area contributed by atoms with Crippen molar-refractivity contribution in [2.24, 2.45) is 5.92 Å². The first-order chi connectivity index (χ1) is 15.2. The summed E-state index contributed by atoms with van der Waals surface area (Å²) in [6.45, 7) is 4.79. The SMILES string of the molecule is CCOc1ccc(S(=O)(=O)N2C[C@@H](C)[C@@H](n3nc(CC(=O)O)c4ccccc43)C2)c(N)c1. The fraction of sp³-hybridized carbons (Fsp3) is 0.364. The van der Waals surface area contributed by atoms with Crippen LogP contribution in [0.15, 0.2) is 47.4 Å². The van der Waals surface area contributed by atoms with Crippen LogP contribution in [0.4, 0.5) is 5.69 Å². The maximum Gasteiger partial charge on any atom is 0.309 e. The molecule has 1 saturated heterocycles. The molecule has 3 N–H and O–H groups in total. The number of para-hydroxylation sites is 1. The monoisotopic (exact) mass is 458 g/mol. The molecule has 0 bridgehead atoms. The van der Waals surface area contributed by atoms with E-state index in [1.165, 1.54) is 16.4 Å². The zero-order chi connectivity index (χ0) is 23.0. The van der Waals surface area contributed by atoms with E-state index in [0.29, 0.717) is 24.6 Å². The highest BCUT2D eigenvalue weighted by Crippen LogP contribution is 2.36. The summed E-state index contributed by atoms with van der Waals surface area (Å²) in [7, 11) is -3.82. The molecule has 0 unspecified atom stereocenters. The first kappa shape index (κ1) is 22.1. The van der Waals surface area contributed by atoms with Crippen LogP contribution in [-0.4, -0.2) is 53.3 Å². The van der Waals surface area contributed by atoms with Crippen LogP contribution in [-0.2, 0) is 21.2 Å². The number of hydrogen-bond acceptors (Lipinski definition) is 6. The Labute approximate surface area is 186 Å². The Hall–Kier alpha value is -3.11. The first-order valence-electron chi connectivity index (χ1n) is 10.4. The highest BCUT2D eigenvalue weighted by atomic mass is 32.2. The van der Waals surface area contributed by atoms with Crippen LogP contribution < -0.4 is 10.5 Å². The van der Waals surface area contributed by atoms with Crippen molar-refractivity contribution in [3.63, 3.8) is 0 Å². The molecule has 2 heterocycles. The Bertz CT molecular complexity index is 1270. The van der Waals surface area contributed by atoms with Crippen LogP contribution in [0.5, 0.6) is 5.75 Å². The van der Waals surface area contributed by atoms with Gasteiger partial charge in [-0.1, -0.05) is 25.1 Å². The summed E-state index contributed by atoms with van der Waals surface area (Å²) in [5, 5.41) is 14.6. The summed E-state index contributed by atoms with van der Waals surface area (Å²) in [4.78, 5) is 11.3. The molecule has 0 spiro atoms. The van der Waals surface area contributed by atoms with Gasteiger partial charge < -0.3 is 15.6 Å². The van der Waals surface area contributed by atoms with E-state index in [1.54, 1.807) is 10.7 Å². The number of fused-ring (bicyclic) bond motifs is 1. The van der Waals surface area contributed by atoms with E-state index in [1.807, 2.05) is 38.1 Å². The van der Waals surface area contributed by atoms with Crippen LogP contribution in [0.25, 0.3) is 10.9 Å². The van der Waals surface area contributed by atoms with Gasteiger partial charge in [-0.3, -0.25) is 9.48 Å². The second-order valence-electron chi connectivity index (χ2n) is 7.98. The molecular formula is C22H26N4O5S. The summed E-state index contributed by atoms with van der Waals surface area (Å²) < 4.78 is 35.3.